The number of rotatable bonds is 84. The molecule has 0 aromatic carbocycles. The minimum absolute atomic E-state index is 0.108. The van der Waals surface area contributed by atoms with Gasteiger partial charge in [0.25, 0.3) is 0 Å². The van der Waals surface area contributed by atoms with Crippen LogP contribution in [0.25, 0.3) is 0 Å². The van der Waals surface area contributed by atoms with Crippen molar-refractivity contribution in [3.05, 3.63) is 0 Å². The summed E-state index contributed by atoms with van der Waals surface area (Å²) in [7, 11) is -9.92. The monoisotopic (exact) mass is 1520 g/mol. The first-order valence-electron chi connectivity index (χ1n) is 44.0. The zero-order valence-electron chi connectivity index (χ0n) is 68.3. The Morgan fingerprint density at radius 1 is 0.279 bits per heavy atom. The maximum Gasteiger partial charge on any atom is 0.472 e. The summed E-state index contributed by atoms with van der Waals surface area (Å²) in [6, 6.07) is 0. The maximum atomic E-state index is 13.1. The maximum absolute atomic E-state index is 13.1. The van der Waals surface area contributed by atoms with Crippen molar-refractivity contribution in [1.29, 1.82) is 0 Å². The van der Waals surface area contributed by atoms with Crippen LogP contribution in [0.4, 0.5) is 0 Å². The molecule has 0 aliphatic carbocycles. The first-order chi connectivity index (χ1) is 50.4. The average molecular weight is 1520 g/mol. The number of aliphatic hydroxyl groups is 1. The summed E-state index contributed by atoms with van der Waals surface area (Å²) in [5, 5.41) is 10.7. The molecule has 0 rings (SSSR count). The van der Waals surface area contributed by atoms with Gasteiger partial charge in [-0.2, -0.15) is 0 Å². The van der Waals surface area contributed by atoms with E-state index >= 15 is 0 Å². The standard InChI is InChI=1S/C85H166O17P2/c1-7-10-12-14-16-18-20-22-24-27-32-35-39-43-49-55-61-67-82(87)95-73-80(101-84(89)70-64-58-51-45-41-37-33-29-26-25-28-31-34-38-42-48-54-60-66-78(6)9-3)75-99-103(91,92)97-71-79(86)72-98-104(93,94)100-76-81(74-96-83(88)68-62-56-52-46-47-53-59-65-77(4)5)102-85(90)69-63-57-50-44-40-36-30-23-21-19-17-15-13-11-8-2/h77-81,86H,7-76H2,1-6H3,(H,91,92)(H,93,94)/t78?,79-,80-,81-/m1/s1. The smallest absolute Gasteiger partial charge is 0.462 e. The molecule has 0 bridgehead atoms. The predicted octanol–water partition coefficient (Wildman–Crippen LogP) is 25.8. The van der Waals surface area contributed by atoms with Crippen molar-refractivity contribution in [2.75, 3.05) is 39.6 Å². The van der Waals surface area contributed by atoms with Crippen LogP contribution in [0.15, 0.2) is 0 Å². The number of hydrogen-bond donors (Lipinski definition) is 3. The first-order valence-corrected chi connectivity index (χ1v) is 47.0. The van der Waals surface area contributed by atoms with Gasteiger partial charge in [0.2, 0.25) is 0 Å². The number of carbonyl (C=O) groups excluding carboxylic acids is 4. The van der Waals surface area contributed by atoms with E-state index in [0.29, 0.717) is 31.6 Å². The highest BCUT2D eigenvalue weighted by molar-refractivity contribution is 7.47. The number of unbranched alkanes of at least 4 members (excludes halogenated alkanes) is 53. The number of phosphoric acid groups is 2. The summed E-state index contributed by atoms with van der Waals surface area (Å²) in [4.78, 5) is 73.2. The Morgan fingerprint density at radius 3 is 0.731 bits per heavy atom. The van der Waals surface area contributed by atoms with Gasteiger partial charge in [0.05, 0.1) is 26.4 Å². The highest BCUT2D eigenvalue weighted by Gasteiger charge is 2.30. The molecule has 0 saturated carbocycles. The Hall–Kier alpha value is -1.94. The molecule has 618 valence electrons. The van der Waals surface area contributed by atoms with Crippen LogP contribution in [0, 0.1) is 11.8 Å². The van der Waals surface area contributed by atoms with Crippen LogP contribution in [-0.2, 0) is 65.4 Å². The molecule has 0 spiro atoms. The van der Waals surface area contributed by atoms with Crippen LogP contribution >= 0.6 is 15.6 Å². The third-order valence-electron chi connectivity index (χ3n) is 20.3. The summed E-state index contributed by atoms with van der Waals surface area (Å²) in [5.41, 5.74) is 0. The quantitative estimate of drug-likeness (QED) is 0.0222. The Balaban J connectivity index is 5.22. The molecule has 3 unspecified atom stereocenters. The van der Waals surface area contributed by atoms with Crippen LogP contribution in [0.2, 0.25) is 0 Å². The fourth-order valence-corrected chi connectivity index (χ4v) is 14.8. The number of hydrogen-bond acceptors (Lipinski definition) is 15. The van der Waals surface area contributed by atoms with Gasteiger partial charge < -0.3 is 33.8 Å². The molecule has 104 heavy (non-hydrogen) atoms. The van der Waals surface area contributed by atoms with Gasteiger partial charge >= 0.3 is 39.5 Å². The first kappa shape index (κ1) is 102. The lowest BCUT2D eigenvalue weighted by Gasteiger charge is -2.21. The Bertz CT molecular complexity index is 2000. The molecule has 19 heteroatoms. The van der Waals surface area contributed by atoms with Gasteiger partial charge in [-0.3, -0.25) is 37.3 Å². The van der Waals surface area contributed by atoms with Crippen LogP contribution in [0.3, 0.4) is 0 Å². The molecule has 3 N–H and O–H groups in total. The predicted molar refractivity (Wildman–Crippen MR) is 428 cm³/mol. The third kappa shape index (κ3) is 76.8. The molecule has 17 nitrogen and oxygen atoms in total. The van der Waals surface area contributed by atoms with Crippen molar-refractivity contribution >= 4 is 39.5 Å². The van der Waals surface area contributed by atoms with E-state index in [9.17, 15) is 43.2 Å². The second-order valence-electron chi connectivity index (χ2n) is 31.3. The Morgan fingerprint density at radius 2 is 0.490 bits per heavy atom. The Labute approximate surface area is 638 Å². The molecule has 0 aliphatic heterocycles. The van der Waals surface area contributed by atoms with E-state index in [-0.39, 0.29) is 25.7 Å². The highest BCUT2D eigenvalue weighted by Crippen LogP contribution is 2.45. The molecular formula is C85H166O17P2. The van der Waals surface area contributed by atoms with E-state index in [4.69, 9.17) is 37.0 Å². The lowest BCUT2D eigenvalue weighted by molar-refractivity contribution is -0.161. The highest BCUT2D eigenvalue weighted by atomic mass is 31.2. The van der Waals surface area contributed by atoms with Crippen LogP contribution < -0.4 is 0 Å². The zero-order chi connectivity index (χ0) is 76.4. The van der Waals surface area contributed by atoms with Crippen molar-refractivity contribution in [1.82, 2.24) is 0 Å². The summed E-state index contributed by atoms with van der Waals surface area (Å²) in [6.45, 7) is 9.68. The van der Waals surface area contributed by atoms with Crippen molar-refractivity contribution in [3.8, 4) is 0 Å². The molecule has 6 atom stereocenters. The van der Waals surface area contributed by atoms with E-state index in [1.165, 1.54) is 263 Å². The molecule has 0 aliphatic rings. The van der Waals surface area contributed by atoms with Crippen molar-refractivity contribution in [3.63, 3.8) is 0 Å². The normalized spacial score (nSPS) is 14.1. The number of phosphoric ester groups is 2. The molecule has 0 heterocycles. The average Bonchev–Trinajstić information content (AvgIpc) is 0.912. The second kappa shape index (κ2) is 76.4. The van der Waals surface area contributed by atoms with E-state index in [1.54, 1.807) is 0 Å². The molecule has 0 saturated heterocycles. The SMILES string of the molecule is CCCCCCCCCCCCCCCCCCCC(=O)OC[C@H](COP(=O)(O)OC[C@@H](O)COP(=O)(O)OC[C@@H](COC(=O)CCCCCCCCCC(C)C)OC(=O)CCCCCCCCCCCCCCCCC)OC(=O)CCCCCCCCCCCCCCCCCCCCC(C)CC. The fraction of sp³-hybridized carbons (Fsp3) is 0.953. The van der Waals surface area contributed by atoms with Gasteiger partial charge in [-0.05, 0) is 37.5 Å². The third-order valence-corrected chi connectivity index (χ3v) is 22.2. The molecular weight excluding hydrogens is 1350 g/mol. The lowest BCUT2D eigenvalue weighted by atomic mass is 9.99. The number of carbonyl (C=O) groups is 4. The van der Waals surface area contributed by atoms with E-state index in [0.717, 1.165) is 102 Å². The molecule has 0 fully saturated rings. The number of esters is 4. The van der Waals surface area contributed by atoms with Gasteiger partial charge in [-0.25, -0.2) is 9.13 Å². The van der Waals surface area contributed by atoms with Crippen LogP contribution in [-0.4, -0.2) is 96.7 Å². The molecule has 0 aromatic rings. The van der Waals surface area contributed by atoms with E-state index in [2.05, 4.69) is 41.5 Å². The summed E-state index contributed by atoms with van der Waals surface area (Å²) in [6.07, 6.45) is 68.1. The van der Waals surface area contributed by atoms with Crippen molar-refractivity contribution < 1.29 is 80.2 Å². The van der Waals surface area contributed by atoms with Crippen molar-refractivity contribution in [2.45, 2.75) is 471 Å². The van der Waals surface area contributed by atoms with Crippen LogP contribution in [0.5, 0.6) is 0 Å². The van der Waals surface area contributed by atoms with Gasteiger partial charge in [-0.15, -0.1) is 0 Å². The largest absolute Gasteiger partial charge is 0.472 e. The second-order valence-corrected chi connectivity index (χ2v) is 34.2. The molecule has 0 aromatic heterocycles. The van der Waals surface area contributed by atoms with Crippen LogP contribution in [0.1, 0.15) is 452 Å². The minimum atomic E-state index is -4.96. The van der Waals surface area contributed by atoms with E-state index < -0.39 is 97.5 Å². The summed E-state index contributed by atoms with van der Waals surface area (Å²) >= 11 is 0. The minimum Gasteiger partial charge on any atom is -0.462 e. The molecule has 0 amide bonds. The van der Waals surface area contributed by atoms with Crippen molar-refractivity contribution in [2.24, 2.45) is 11.8 Å². The van der Waals surface area contributed by atoms with Gasteiger partial charge in [0.15, 0.2) is 12.2 Å². The van der Waals surface area contributed by atoms with Gasteiger partial charge in [-0.1, -0.05) is 401 Å². The van der Waals surface area contributed by atoms with Gasteiger partial charge in [0, 0.05) is 25.7 Å². The fourth-order valence-electron chi connectivity index (χ4n) is 13.2. The lowest BCUT2D eigenvalue weighted by Crippen LogP contribution is -2.30. The summed E-state index contributed by atoms with van der Waals surface area (Å²) in [5.74, 6) is -0.527. The number of ether oxygens (including phenoxy) is 4. The summed E-state index contributed by atoms with van der Waals surface area (Å²) < 4.78 is 68.8. The zero-order valence-corrected chi connectivity index (χ0v) is 70.1. The van der Waals surface area contributed by atoms with E-state index in [1.807, 2.05) is 0 Å². The number of aliphatic hydroxyl groups excluding tert-OH is 1. The topological polar surface area (TPSA) is 237 Å². The molecule has 0 radical (unpaired) electrons. The Kier molecular flexibility index (Phi) is 75.0. The van der Waals surface area contributed by atoms with Gasteiger partial charge in [0.1, 0.15) is 19.3 Å².